The zero-order chi connectivity index (χ0) is 11.8. The fourth-order valence-corrected chi connectivity index (χ4v) is 2.14. The smallest absolute Gasteiger partial charge is 0.0612 e. The van der Waals surface area contributed by atoms with Gasteiger partial charge in [-0.2, -0.15) is 0 Å². The van der Waals surface area contributed by atoms with E-state index in [1.54, 1.807) is 0 Å². The van der Waals surface area contributed by atoms with Crippen LogP contribution in [0.4, 0.5) is 0 Å². The van der Waals surface area contributed by atoms with Crippen LogP contribution in [-0.2, 0) is 4.74 Å². The number of hydrogen-bond donors (Lipinski definition) is 1. The van der Waals surface area contributed by atoms with Crippen LogP contribution >= 0.6 is 0 Å². The molecular formula is C14H25NO. The summed E-state index contributed by atoms with van der Waals surface area (Å²) in [6, 6.07) is 0.645. The largest absolute Gasteiger partial charge is 0.378 e. The van der Waals surface area contributed by atoms with Gasteiger partial charge in [0, 0.05) is 19.1 Å². The average molecular weight is 223 g/mol. The standard InChI is InChI=1S/C14H25NO/c1-4-5-6-7-9-15-13-8-10-16-14(11-13)12(2)3/h1,12-15H,5-11H2,2-3H3. The molecule has 16 heavy (non-hydrogen) atoms. The third kappa shape index (κ3) is 5.01. The quantitative estimate of drug-likeness (QED) is 0.552. The van der Waals surface area contributed by atoms with Crippen molar-refractivity contribution in [1.29, 1.82) is 0 Å². The van der Waals surface area contributed by atoms with Gasteiger partial charge in [-0.05, 0) is 38.1 Å². The van der Waals surface area contributed by atoms with Crippen LogP contribution in [0.15, 0.2) is 0 Å². The number of unbranched alkanes of at least 4 members (excludes halogenated alkanes) is 2. The topological polar surface area (TPSA) is 21.3 Å². The minimum absolute atomic E-state index is 0.442. The second-order valence-electron chi connectivity index (χ2n) is 4.99. The Morgan fingerprint density at radius 1 is 1.44 bits per heavy atom. The summed E-state index contributed by atoms with van der Waals surface area (Å²) in [6.07, 6.45) is 11.2. The molecule has 1 aliphatic rings. The molecule has 0 spiro atoms. The van der Waals surface area contributed by atoms with Crippen molar-refractivity contribution in [2.45, 2.75) is 58.1 Å². The number of nitrogens with one attached hydrogen (secondary N) is 1. The molecule has 0 aromatic rings. The summed E-state index contributed by atoms with van der Waals surface area (Å²) in [4.78, 5) is 0. The molecule has 1 fully saturated rings. The van der Waals surface area contributed by atoms with Crippen molar-refractivity contribution in [1.82, 2.24) is 5.32 Å². The van der Waals surface area contributed by atoms with Crippen LogP contribution in [0.25, 0.3) is 0 Å². The minimum Gasteiger partial charge on any atom is -0.378 e. The normalized spacial score (nSPS) is 25.6. The van der Waals surface area contributed by atoms with Gasteiger partial charge in [-0.3, -0.25) is 0 Å². The van der Waals surface area contributed by atoms with Gasteiger partial charge in [-0.15, -0.1) is 12.3 Å². The lowest BCUT2D eigenvalue weighted by Crippen LogP contribution is -2.41. The van der Waals surface area contributed by atoms with Crippen LogP contribution in [0.3, 0.4) is 0 Å². The van der Waals surface area contributed by atoms with Crippen molar-refractivity contribution in [2.75, 3.05) is 13.2 Å². The highest BCUT2D eigenvalue weighted by Gasteiger charge is 2.24. The van der Waals surface area contributed by atoms with Crippen LogP contribution < -0.4 is 5.32 Å². The zero-order valence-electron chi connectivity index (χ0n) is 10.7. The van der Waals surface area contributed by atoms with Crippen molar-refractivity contribution < 1.29 is 4.74 Å². The highest BCUT2D eigenvalue weighted by Crippen LogP contribution is 2.20. The molecule has 0 aliphatic carbocycles. The van der Waals surface area contributed by atoms with Gasteiger partial charge in [0.05, 0.1) is 6.10 Å². The van der Waals surface area contributed by atoms with E-state index in [4.69, 9.17) is 11.2 Å². The van der Waals surface area contributed by atoms with Crippen LogP contribution in [0.1, 0.15) is 46.0 Å². The summed E-state index contributed by atoms with van der Waals surface area (Å²) in [5, 5.41) is 3.62. The Morgan fingerprint density at radius 2 is 2.25 bits per heavy atom. The van der Waals surface area contributed by atoms with Crippen molar-refractivity contribution in [3.63, 3.8) is 0 Å². The Balaban J connectivity index is 2.10. The van der Waals surface area contributed by atoms with E-state index in [2.05, 4.69) is 25.1 Å². The molecule has 2 unspecified atom stereocenters. The number of ether oxygens (including phenoxy) is 1. The maximum Gasteiger partial charge on any atom is 0.0612 e. The molecule has 1 aliphatic heterocycles. The van der Waals surface area contributed by atoms with Gasteiger partial charge in [0.25, 0.3) is 0 Å². The van der Waals surface area contributed by atoms with Gasteiger partial charge in [-0.1, -0.05) is 13.8 Å². The van der Waals surface area contributed by atoms with Crippen molar-refractivity contribution in [3.05, 3.63) is 0 Å². The third-order valence-corrected chi connectivity index (χ3v) is 3.24. The molecule has 1 heterocycles. The van der Waals surface area contributed by atoms with Gasteiger partial charge < -0.3 is 10.1 Å². The van der Waals surface area contributed by atoms with Gasteiger partial charge in [0.15, 0.2) is 0 Å². The highest BCUT2D eigenvalue weighted by molar-refractivity contribution is 4.83. The van der Waals surface area contributed by atoms with Gasteiger partial charge in [0.1, 0.15) is 0 Å². The van der Waals surface area contributed by atoms with Gasteiger partial charge >= 0.3 is 0 Å². The molecule has 0 aromatic heterocycles. The Hall–Kier alpha value is -0.520. The monoisotopic (exact) mass is 223 g/mol. The summed E-state index contributed by atoms with van der Waals surface area (Å²) in [5.74, 6) is 3.31. The number of terminal acetylenes is 1. The average Bonchev–Trinajstić information content (AvgIpc) is 2.29. The SMILES string of the molecule is C#CCCCCNC1CCOC(C(C)C)C1. The molecule has 0 aromatic carbocycles. The molecule has 0 amide bonds. The molecule has 2 heteroatoms. The minimum atomic E-state index is 0.442. The molecule has 1 saturated heterocycles. The summed E-state index contributed by atoms with van der Waals surface area (Å²) in [5.41, 5.74) is 0. The second-order valence-corrected chi connectivity index (χ2v) is 4.99. The Morgan fingerprint density at radius 3 is 2.94 bits per heavy atom. The van der Waals surface area contributed by atoms with E-state index >= 15 is 0 Å². The molecule has 1 rings (SSSR count). The molecular weight excluding hydrogens is 198 g/mol. The molecule has 2 nitrogen and oxygen atoms in total. The summed E-state index contributed by atoms with van der Waals surface area (Å²) < 4.78 is 5.75. The Kier molecular flexibility index (Phi) is 6.52. The van der Waals surface area contributed by atoms with Crippen molar-refractivity contribution in [3.8, 4) is 12.3 Å². The summed E-state index contributed by atoms with van der Waals surface area (Å²) >= 11 is 0. The second kappa shape index (κ2) is 7.70. The predicted octanol–water partition coefficient (Wildman–Crippen LogP) is 2.58. The fraction of sp³-hybridized carbons (Fsp3) is 0.857. The molecule has 92 valence electrons. The van der Waals surface area contributed by atoms with Crippen LogP contribution in [0.5, 0.6) is 0 Å². The first-order valence-electron chi connectivity index (χ1n) is 6.52. The molecule has 1 N–H and O–H groups in total. The lowest BCUT2D eigenvalue weighted by Gasteiger charge is -2.32. The first kappa shape index (κ1) is 13.5. The van der Waals surface area contributed by atoms with Gasteiger partial charge in [0.2, 0.25) is 0 Å². The first-order valence-corrected chi connectivity index (χ1v) is 6.52. The van der Waals surface area contributed by atoms with Crippen molar-refractivity contribution in [2.24, 2.45) is 5.92 Å². The van der Waals surface area contributed by atoms with E-state index in [9.17, 15) is 0 Å². The zero-order valence-corrected chi connectivity index (χ0v) is 10.7. The van der Waals surface area contributed by atoms with E-state index < -0.39 is 0 Å². The van der Waals surface area contributed by atoms with Crippen LogP contribution in [0, 0.1) is 18.3 Å². The van der Waals surface area contributed by atoms with E-state index in [0.717, 1.165) is 38.8 Å². The molecule has 0 bridgehead atoms. The number of hydrogen-bond acceptors (Lipinski definition) is 2. The Labute approximate surface area is 100 Å². The summed E-state index contributed by atoms with van der Waals surface area (Å²) in [7, 11) is 0. The lowest BCUT2D eigenvalue weighted by atomic mass is 9.95. The fourth-order valence-electron chi connectivity index (χ4n) is 2.14. The first-order chi connectivity index (χ1) is 7.74. The van der Waals surface area contributed by atoms with E-state index in [1.165, 1.54) is 6.42 Å². The maximum absolute atomic E-state index is 5.75. The molecule has 0 saturated carbocycles. The number of rotatable bonds is 6. The van der Waals surface area contributed by atoms with E-state index in [0.29, 0.717) is 18.1 Å². The van der Waals surface area contributed by atoms with Crippen molar-refractivity contribution >= 4 is 0 Å². The molecule has 0 radical (unpaired) electrons. The highest BCUT2D eigenvalue weighted by atomic mass is 16.5. The predicted molar refractivity (Wildman–Crippen MR) is 68.3 cm³/mol. The van der Waals surface area contributed by atoms with E-state index in [1.807, 2.05) is 0 Å². The summed E-state index contributed by atoms with van der Waals surface area (Å²) in [6.45, 7) is 6.47. The third-order valence-electron chi connectivity index (χ3n) is 3.24. The lowest BCUT2D eigenvalue weighted by molar-refractivity contribution is -0.0242. The van der Waals surface area contributed by atoms with Crippen LogP contribution in [0.2, 0.25) is 0 Å². The van der Waals surface area contributed by atoms with Gasteiger partial charge in [-0.25, -0.2) is 0 Å². The van der Waals surface area contributed by atoms with E-state index in [-0.39, 0.29) is 0 Å². The maximum atomic E-state index is 5.75. The Bertz CT molecular complexity index is 219. The van der Waals surface area contributed by atoms with Crippen LogP contribution in [-0.4, -0.2) is 25.3 Å². The molecule has 2 atom stereocenters.